The minimum atomic E-state index is -0.267. The van der Waals surface area contributed by atoms with Crippen LogP contribution in [-0.2, 0) is 11.3 Å². The molecule has 3 rings (SSSR count). The number of nitrogens with one attached hydrogen (secondary N) is 1. The third kappa shape index (κ3) is 3.06. The molecule has 1 heterocycles. The second-order valence-corrected chi connectivity index (χ2v) is 7.01. The van der Waals surface area contributed by atoms with E-state index in [0.29, 0.717) is 29.4 Å². The fourth-order valence-corrected chi connectivity index (χ4v) is 2.85. The molecule has 5 nitrogen and oxygen atoms in total. The average Bonchev–Trinajstić information content (AvgIpc) is 3.17. The zero-order valence-electron chi connectivity index (χ0n) is 12.5. The van der Waals surface area contributed by atoms with Gasteiger partial charge in [0.15, 0.2) is 0 Å². The third-order valence-electron chi connectivity index (χ3n) is 4.14. The van der Waals surface area contributed by atoms with Crippen molar-refractivity contribution in [2.75, 3.05) is 0 Å². The molecule has 116 valence electrons. The lowest BCUT2D eigenvalue weighted by molar-refractivity contribution is -0.125. The van der Waals surface area contributed by atoms with Crippen LogP contribution in [0, 0.1) is 11.8 Å². The number of amides is 1. The molecule has 1 amide bonds. The Balaban J connectivity index is 1.79. The number of aromatic nitrogens is 2. The second-order valence-electron chi connectivity index (χ2n) is 6.09. The van der Waals surface area contributed by atoms with Crippen LogP contribution in [0.1, 0.15) is 20.3 Å². The molecule has 1 N–H and O–H groups in total. The highest BCUT2D eigenvalue weighted by Crippen LogP contribution is 2.29. The third-order valence-corrected chi connectivity index (χ3v) is 4.63. The second kappa shape index (κ2) is 5.83. The molecule has 1 aromatic carbocycles. The molecule has 0 radical (unpaired) electrons. The van der Waals surface area contributed by atoms with Gasteiger partial charge < -0.3 is 5.32 Å². The first-order valence-electron chi connectivity index (χ1n) is 7.41. The summed E-state index contributed by atoms with van der Waals surface area (Å²) in [6.45, 7) is 4.28. The van der Waals surface area contributed by atoms with Crippen molar-refractivity contribution in [3.63, 3.8) is 0 Å². The van der Waals surface area contributed by atoms with Crippen LogP contribution in [0.3, 0.4) is 0 Å². The van der Waals surface area contributed by atoms with Crippen LogP contribution < -0.4 is 10.9 Å². The molecule has 1 fully saturated rings. The molecular weight excluding hydrogens is 346 g/mol. The van der Waals surface area contributed by atoms with Gasteiger partial charge in [-0.05, 0) is 30.5 Å². The Morgan fingerprint density at radius 2 is 2.27 bits per heavy atom. The van der Waals surface area contributed by atoms with Crippen molar-refractivity contribution in [3.05, 3.63) is 39.4 Å². The number of rotatable bonds is 4. The van der Waals surface area contributed by atoms with Crippen LogP contribution in [0.5, 0.6) is 0 Å². The standard InChI is InChI=1S/C16H18BrN3O2/c1-9-5-14(9)19-15(21)10(2)7-20-8-18-13-4-3-11(17)6-12(13)16(20)22/h3-4,6,8-10,14H,5,7H2,1-2H3,(H,19,21). The van der Waals surface area contributed by atoms with E-state index >= 15 is 0 Å². The summed E-state index contributed by atoms with van der Waals surface area (Å²) in [5, 5.41) is 3.56. The van der Waals surface area contributed by atoms with Crippen LogP contribution in [0.4, 0.5) is 0 Å². The van der Waals surface area contributed by atoms with Crippen molar-refractivity contribution < 1.29 is 4.79 Å². The van der Waals surface area contributed by atoms with Gasteiger partial charge in [0.25, 0.3) is 5.56 Å². The molecule has 3 unspecified atom stereocenters. The van der Waals surface area contributed by atoms with Crippen LogP contribution >= 0.6 is 15.9 Å². The summed E-state index contributed by atoms with van der Waals surface area (Å²) in [5.41, 5.74) is 0.541. The van der Waals surface area contributed by atoms with E-state index in [2.05, 4.69) is 33.2 Å². The molecule has 1 aliphatic carbocycles. The van der Waals surface area contributed by atoms with E-state index in [-0.39, 0.29) is 17.4 Å². The Labute approximate surface area is 136 Å². The topological polar surface area (TPSA) is 64.0 Å². The summed E-state index contributed by atoms with van der Waals surface area (Å²) in [6.07, 6.45) is 2.56. The van der Waals surface area contributed by atoms with Gasteiger partial charge in [-0.3, -0.25) is 14.2 Å². The lowest BCUT2D eigenvalue weighted by Crippen LogP contribution is -2.35. The molecule has 0 aliphatic heterocycles. The molecule has 0 saturated heterocycles. The molecule has 1 aromatic heterocycles. The Bertz CT molecular complexity index is 787. The molecule has 3 atom stereocenters. The first kappa shape index (κ1) is 15.2. The molecule has 1 saturated carbocycles. The normalized spacial score (nSPS) is 21.6. The average molecular weight is 364 g/mol. The van der Waals surface area contributed by atoms with Gasteiger partial charge in [0.2, 0.25) is 5.91 Å². The predicted molar refractivity (Wildman–Crippen MR) is 88.6 cm³/mol. The highest BCUT2D eigenvalue weighted by molar-refractivity contribution is 9.10. The number of benzene rings is 1. The van der Waals surface area contributed by atoms with Gasteiger partial charge in [-0.1, -0.05) is 29.8 Å². The van der Waals surface area contributed by atoms with Gasteiger partial charge in [-0.15, -0.1) is 0 Å². The number of hydrogen-bond donors (Lipinski definition) is 1. The largest absolute Gasteiger partial charge is 0.353 e. The van der Waals surface area contributed by atoms with E-state index in [4.69, 9.17) is 0 Å². The molecule has 6 heteroatoms. The molecule has 0 spiro atoms. The van der Waals surface area contributed by atoms with Crippen molar-refractivity contribution in [1.29, 1.82) is 0 Å². The van der Waals surface area contributed by atoms with Crippen molar-refractivity contribution >= 4 is 32.7 Å². The van der Waals surface area contributed by atoms with Gasteiger partial charge in [0.05, 0.1) is 23.1 Å². The van der Waals surface area contributed by atoms with Gasteiger partial charge in [-0.2, -0.15) is 0 Å². The van der Waals surface area contributed by atoms with Gasteiger partial charge in [0.1, 0.15) is 0 Å². The number of hydrogen-bond acceptors (Lipinski definition) is 3. The molecule has 0 bridgehead atoms. The van der Waals surface area contributed by atoms with E-state index in [1.807, 2.05) is 13.0 Å². The Hall–Kier alpha value is -1.69. The van der Waals surface area contributed by atoms with E-state index in [1.165, 1.54) is 10.9 Å². The van der Waals surface area contributed by atoms with E-state index in [1.54, 1.807) is 12.1 Å². The van der Waals surface area contributed by atoms with Crippen molar-refractivity contribution in [2.45, 2.75) is 32.9 Å². The number of fused-ring (bicyclic) bond motifs is 1. The zero-order chi connectivity index (χ0) is 15.9. The maximum absolute atomic E-state index is 12.5. The quantitative estimate of drug-likeness (QED) is 0.906. The minimum absolute atomic E-state index is 0.00408. The Morgan fingerprint density at radius 3 is 2.95 bits per heavy atom. The van der Waals surface area contributed by atoms with Crippen LogP contribution in [0.2, 0.25) is 0 Å². The Morgan fingerprint density at radius 1 is 1.55 bits per heavy atom. The smallest absolute Gasteiger partial charge is 0.261 e. The van der Waals surface area contributed by atoms with E-state index in [0.717, 1.165) is 10.9 Å². The first-order valence-corrected chi connectivity index (χ1v) is 8.20. The van der Waals surface area contributed by atoms with Crippen molar-refractivity contribution in [1.82, 2.24) is 14.9 Å². The molecule has 22 heavy (non-hydrogen) atoms. The summed E-state index contributed by atoms with van der Waals surface area (Å²) >= 11 is 3.36. The minimum Gasteiger partial charge on any atom is -0.353 e. The summed E-state index contributed by atoms with van der Waals surface area (Å²) in [5.74, 6) is 0.297. The van der Waals surface area contributed by atoms with Crippen molar-refractivity contribution in [3.8, 4) is 0 Å². The Kier molecular flexibility index (Phi) is 4.04. The summed E-state index contributed by atoms with van der Waals surface area (Å²) in [6, 6.07) is 5.72. The molecular formula is C16H18BrN3O2. The molecule has 1 aliphatic rings. The monoisotopic (exact) mass is 363 g/mol. The fourth-order valence-electron chi connectivity index (χ4n) is 2.49. The first-order chi connectivity index (χ1) is 10.5. The van der Waals surface area contributed by atoms with E-state index in [9.17, 15) is 9.59 Å². The summed E-state index contributed by atoms with van der Waals surface area (Å²) in [7, 11) is 0. The summed E-state index contributed by atoms with van der Waals surface area (Å²) in [4.78, 5) is 28.9. The molecule has 2 aromatic rings. The van der Waals surface area contributed by atoms with Crippen molar-refractivity contribution in [2.24, 2.45) is 11.8 Å². The lowest BCUT2D eigenvalue weighted by atomic mass is 10.1. The maximum atomic E-state index is 12.5. The number of halogens is 1. The van der Waals surface area contributed by atoms with Gasteiger partial charge in [-0.25, -0.2) is 4.98 Å². The highest BCUT2D eigenvalue weighted by atomic mass is 79.9. The SMILES string of the molecule is CC(Cn1cnc2ccc(Br)cc2c1=O)C(=O)NC1CC1C. The summed E-state index contributed by atoms with van der Waals surface area (Å²) < 4.78 is 2.35. The number of carbonyl (C=O) groups excluding carboxylic acids is 1. The number of nitrogens with zero attached hydrogens (tertiary/aromatic N) is 2. The van der Waals surface area contributed by atoms with Crippen LogP contribution in [0.15, 0.2) is 33.8 Å². The van der Waals surface area contributed by atoms with Crippen LogP contribution in [-0.4, -0.2) is 21.5 Å². The predicted octanol–water partition coefficient (Wildman–Crippen LogP) is 2.32. The maximum Gasteiger partial charge on any atom is 0.261 e. The lowest BCUT2D eigenvalue weighted by Gasteiger charge is -2.14. The highest BCUT2D eigenvalue weighted by Gasteiger charge is 2.34. The number of carbonyl (C=O) groups is 1. The van der Waals surface area contributed by atoms with Gasteiger partial charge >= 0.3 is 0 Å². The zero-order valence-corrected chi connectivity index (χ0v) is 14.1. The van der Waals surface area contributed by atoms with E-state index < -0.39 is 0 Å². The van der Waals surface area contributed by atoms with Crippen LogP contribution in [0.25, 0.3) is 10.9 Å². The van der Waals surface area contributed by atoms with Gasteiger partial charge in [0, 0.05) is 17.1 Å². The fraction of sp³-hybridized carbons (Fsp3) is 0.438.